The highest BCUT2D eigenvalue weighted by atomic mass is 32.2. The van der Waals surface area contributed by atoms with Crippen LogP contribution in [0.5, 0.6) is 5.75 Å². The summed E-state index contributed by atoms with van der Waals surface area (Å²) in [6.45, 7) is 4.45. The molecule has 3 aromatic rings. The second-order valence-electron chi connectivity index (χ2n) is 6.72. The number of carbonyl (C=O) groups excluding carboxylic acids is 2. The Morgan fingerprint density at radius 1 is 1.13 bits per heavy atom. The summed E-state index contributed by atoms with van der Waals surface area (Å²) in [6.07, 6.45) is 0. The van der Waals surface area contributed by atoms with Gasteiger partial charge < -0.3 is 19.9 Å². The number of hydrogen-bond acceptors (Lipinski definition) is 6. The molecule has 1 heterocycles. The van der Waals surface area contributed by atoms with Crippen molar-refractivity contribution in [1.29, 1.82) is 0 Å². The van der Waals surface area contributed by atoms with E-state index in [1.54, 1.807) is 31.4 Å². The molecule has 3 rings (SSSR count). The Labute approximate surface area is 185 Å². The number of ether oxygens (including phenoxy) is 1. The third kappa shape index (κ3) is 5.85. The van der Waals surface area contributed by atoms with E-state index >= 15 is 0 Å². The lowest BCUT2D eigenvalue weighted by Crippen LogP contribution is -2.28. The first-order valence-corrected chi connectivity index (χ1v) is 10.9. The van der Waals surface area contributed by atoms with Crippen molar-refractivity contribution < 1.29 is 14.3 Å². The summed E-state index contributed by atoms with van der Waals surface area (Å²) in [5, 5.41) is 14.9. The van der Waals surface area contributed by atoms with Crippen molar-refractivity contribution in [2.45, 2.75) is 31.6 Å². The molecule has 0 aliphatic carbocycles. The van der Waals surface area contributed by atoms with E-state index in [1.807, 2.05) is 48.7 Å². The summed E-state index contributed by atoms with van der Waals surface area (Å²) in [6, 6.07) is 15.9. The number of aromatic nitrogens is 3. The van der Waals surface area contributed by atoms with Gasteiger partial charge in [-0.05, 0) is 38.1 Å². The van der Waals surface area contributed by atoms with Crippen molar-refractivity contribution in [2.24, 2.45) is 0 Å². The molecule has 2 aromatic carbocycles. The number of thioether (sulfide) groups is 1. The maximum atomic E-state index is 12.4. The number of hydrogen-bond donors (Lipinski definition) is 2. The number of methoxy groups -OCH3 is 1. The largest absolute Gasteiger partial charge is 0.497 e. The molecule has 31 heavy (non-hydrogen) atoms. The van der Waals surface area contributed by atoms with E-state index in [0.717, 1.165) is 0 Å². The van der Waals surface area contributed by atoms with Gasteiger partial charge in [-0.15, -0.1) is 10.2 Å². The Morgan fingerprint density at radius 2 is 1.90 bits per heavy atom. The zero-order valence-electron chi connectivity index (χ0n) is 17.7. The highest BCUT2D eigenvalue weighted by molar-refractivity contribution is 7.99. The molecule has 0 aliphatic heterocycles. The van der Waals surface area contributed by atoms with Gasteiger partial charge >= 0.3 is 0 Å². The molecule has 2 N–H and O–H groups in total. The predicted molar refractivity (Wildman–Crippen MR) is 120 cm³/mol. The van der Waals surface area contributed by atoms with Crippen LogP contribution in [-0.2, 0) is 11.3 Å². The van der Waals surface area contributed by atoms with Gasteiger partial charge in [0.05, 0.1) is 18.9 Å². The van der Waals surface area contributed by atoms with Crippen LogP contribution < -0.4 is 15.4 Å². The predicted octanol–water partition coefficient (Wildman–Crippen LogP) is 3.53. The van der Waals surface area contributed by atoms with Crippen LogP contribution >= 0.6 is 11.8 Å². The lowest BCUT2D eigenvalue weighted by atomic mass is 10.2. The van der Waals surface area contributed by atoms with Crippen molar-refractivity contribution in [3.05, 3.63) is 66.0 Å². The minimum Gasteiger partial charge on any atom is -0.497 e. The molecule has 0 unspecified atom stereocenters. The standard InChI is InChI=1S/C22H25N5O3S/c1-4-27-20(15(2)23-21(29)16-9-6-5-7-10-16)25-26-22(27)31-14-19(28)24-17-11-8-12-18(13-17)30-3/h5-13,15H,4,14H2,1-3H3,(H,23,29)(H,24,28)/t15-/m1/s1. The maximum absolute atomic E-state index is 12.4. The van der Waals surface area contributed by atoms with Gasteiger partial charge in [0.2, 0.25) is 5.91 Å². The van der Waals surface area contributed by atoms with E-state index in [1.165, 1.54) is 11.8 Å². The van der Waals surface area contributed by atoms with Crippen LogP contribution in [0.2, 0.25) is 0 Å². The van der Waals surface area contributed by atoms with Crippen molar-refractivity contribution in [3.8, 4) is 5.75 Å². The molecule has 0 saturated heterocycles. The molecule has 8 nitrogen and oxygen atoms in total. The van der Waals surface area contributed by atoms with Crippen molar-refractivity contribution >= 4 is 29.3 Å². The molecule has 0 radical (unpaired) electrons. The molecular formula is C22H25N5O3S. The first-order valence-electron chi connectivity index (χ1n) is 9.87. The quantitative estimate of drug-likeness (QED) is 0.495. The number of anilines is 1. The molecule has 0 aliphatic rings. The minimum absolute atomic E-state index is 0.157. The number of nitrogens with zero attached hydrogens (tertiary/aromatic N) is 3. The zero-order valence-corrected chi connectivity index (χ0v) is 18.5. The molecule has 0 fully saturated rings. The lowest BCUT2D eigenvalue weighted by molar-refractivity contribution is -0.113. The molecule has 162 valence electrons. The molecule has 0 saturated carbocycles. The highest BCUT2D eigenvalue weighted by Crippen LogP contribution is 2.22. The molecule has 1 atom stereocenters. The van der Waals surface area contributed by atoms with Gasteiger partial charge in [-0.1, -0.05) is 36.0 Å². The number of carbonyl (C=O) groups is 2. The zero-order chi connectivity index (χ0) is 22.2. The number of nitrogens with one attached hydrogen (secondary N) is 2. The smallest absolute Gasteiger partial charge is 0.251 e. The van der Waals surface area contributed by atoms with Crippen LogP contribution in [0, 0.1) is 0 Å². The van der Waals surface area contributed by atoms with Crippen LogP contribution in [0.15, 0.2) is 59.8 Å². The fourth-order valence-corrected chi connectivity index (χ4v) is 3.80. The van der Waals surface area contributed by atoms with Gasteiger partial charge in [0.25, 0.3) is 5.91 Å². The molecule has 1 aromatic heterocycles. The molecular weight excluding hydrogens is 414 g/mol. The third-order valence-corrected chi connectivity index (χ3v) is 5.49. The minimum atomic E-state index is -0.333. The average molecular weight is 440 g/mol. The second kappa shape index (κ2) is 10.6. The van der Waals surface area contributed by atoms with E-state index < -0.39 is 0 Å². The van der Waals surface area contributed by atoms with Crippen molar-refractivity contribution in [2.75, 3.05) is 18.2 Å². The number of benzene rings is 2. The van der Waals surface area contributed by atoms with Crippen LogP contribution in [-0.4, -0.2) is 39.4 Å². The Morgan fingerprint density at radius 3 is 2.61 bits per heavy atom. The fraction of sp³-hybridized carbons (Fsp3) is 0.273. The van der Waals surface area contributed by atoms with E-state index in [9.17, 15) is 9.59 Å². The van der Waals surface area contributed by atoms with Crippen LogP contribution in [0.4, 0.5) is 5.69 Å². The summed E-state index contributed by atoms with van der Waals surface area (Å²) in [7, 11) is 1.58. The number of amides is 2. The summed E-state index contributed by atoms with van der Waals surface area (Å²) in [5.41, 5.74) is 1.25. The SMILES string of the molecule is CCn1c(SCC(=O)Nc2cccc(OC)c2)nnc1[C@@H](C)NC(=O)c1ccccc1. The summed E-state index contributed by atoms with van der Waals surface area (Å²) < 4.78 is 7.07. The van der Waals surface area contributed by atoms with Crippen LogP contribution in [0.25, 0.3) is 0 Å². The molecule has 9 heteroatoms. The molecule has 0 bridgehead atoms. The van der Waals surface area contributed by atoms with E-state index in [0.29, 0.717) is 34.5 Å². The van der Waals surface area contributed by atoms with Crippen LogP contribution in [0.3, 0.4) is 0 Å². The summed E-state index contributed by atoms with van der Waals surface area (Å²) >= 11 is 1.30. The van der Waals surface area contributed by atoms with Gasteiger partial charge in [-0.3, -0.25) is 9.59 Å². The molecule has 2 amide bonds. The van der Waals surface area contributed by atoms with E-state index in [4.69, 9.17) is 4.74 Å². The average Bonchev–Trinajstić information content (AvgIpc) is 3.21. The summed E-state index contributed by atoms with van der Waals surface area (Å²) in [4.78, 5) is 24.8. The van der Waals surface area contributed by atoms with Gasteiger partial charge in [-0.2, -0.15) is 0 Å². The lowest BCUT2D eigenvalue weighted by Gasteiger charge is -2.15. The monoisotopic (exact) mass is 439 g/mol. The maximum Gasteiger partial charge on any atom is 0.251 e. The first kappa shape index (κ1) is 22.4. The van der Waals surface area contributed by atoms with Gasteiger partial charge in [0, 0.05) is 23.9 Å². The Hall–Kier alpha value is -3.33. The van der Waals surface area contributed by atoms with Crippen molar-refractivity contribution in [3.63, 3.8) is 0 Å². The number of rotatable bonds is 9. The topological polar surface area (TPSA) is 98.1 Å². The third-order valence-electron chi connectivity index (χ3n) is 4.52. The Balaban J connectivity index is 1.61. The Bertz CT molecular complexity index is 1040. The molecule has 0 spiro atoms. The normalized spacial score (nSPS) is 11.6. The summed E-state index contributed by atoms with van der Waals surface area (Å²) in [5.74, 6) is 1.16. The van der Waals surface area contributed by atoms with Gasteiger partial charge in [0.15, 0.2) is 11.0 Å². The van der Waals surface area contributed by atoms with E-state index in [2.05, 4.69) is 20.8 Å². The Kier molecular flexibility index (Phi) is 7.66. The first-order chi connectivity index (χ1) is 15.0. The van der Waals surface area contributed by atoms with Crippen molar-refractivity contribution in [1.82, 2.24) is 20.1 Å². The van der Waals surface area contributed by atoms with E-state index in [-0.39, 0.29) is 23.6 Å². The van der Waals surface area contributed by atoms with Gasteiger partial charge in [0.1, 0.15) is 5.75 Å². The second-order valence-corrected chi connectivity index (χ2v) is 7.66. The fourth-order valence-electron chi connectivity index (χ4n) is 2.99. The highest BCUT2D eigenvalue weighted by Gasteiger charge is 2.20. The van der Waals surface area contributed by atoms with Crippen LogP contribution in [0.1, 0.15) is 36.1 Å². The van der Waals surface area contributed by atoms with Gasteiger partial charge in [-0.25, -0.2) is 0 Å².